The van der Waals surface area contributed by atoms with Gasteiger partial charge in [-0.25, -0.2) is 14.8 Å². The number of carboxylic acids is 1. The molecule has 4 aromatic rings. The highest BCUT2D eigenvalue weighted by Crippen LogP contribution is 2.26. The first-order valence-electron chi connectivity index (χ1n) is 8.79. The van der Waals surface area contributed by atoms with Gasteiger partial charge in [-0.15, -0.1) is 16.4 Å². The number of carbonyl (C=O) groups excluding carboxylic acids is 1. The zero-order valence-corrected chi connectivity index (χ0v) is 17.4. The number of nitrogens with two attached hydrogens (primary N) is 1. The van der Waals surface area contributed by atoms with Crippen molar-refractivity contribution in [2.45, 2.75) is 13.5 Å². The summed E-state index contributed by atoms with van der Waals surface area (Å²) in [6.07, 6.45) is 2.58. The second-order valence-electron chi connectivity index (χ2n) is 6.05. The lowest BCUT2D eigenvalue weighted by Gasteiger charge is -2.02. The Morgan fingerprint density at radius 1 is 1.35 bits per heavy atom. The number of aromatic carboxylic acids is 1. The van der Waals surface area contributed by atoms with Crippen molar-refractivity contribution >= 4 is 28.9 Å². The van der Waals surface area contributed by atoms with Crippen LogP contribution in [0.4, 0.5) is 5.82 Å². The van der Waals surface area contributed by atoms with E-state index >= 15 is 0 Å². The van der Waals surface area contributed by atoms with Crippen LogP contribution >= 0.6 is 11.3 Å². The van der Waals surface area contributed by atoms with Crippen molar-refractivity contribution in [3.8, 4) is 17.1 Å². The summed E-state index contributed by atoms with van der Waals surface area (Å²) in [5, 5.41) is 19.3. The molecule has 1 aromatic carbocycles. The van der Waals surface area contributed by atoms with E-state index in [9.17, 15) is 9.59 Å². The van der Waals surface area contributed by atoms with Crippen molar-refractivity contribution in [3.05, 3.63) is 58.6 Å². The summed E-state index contributed by atoms with van der Waals surface area (Å²) in [7, 11) is 1.54. The molecule has 0 radical (unpaired) electrons. The molecule has 0 aliphatic carbocycles. The topological polar surface area (TPSA) is 159 Å². The zero-order valence-electron chi connectivity index (χ0n) is 16.6. The number of carboxylic acid groups (broad SMARTS) is 1. The van der Waals surface area contributed by atoms with E-state index in [1.807, 2.05) is 0 Å². The summed E-state index contributed by atoms with van der Waals surface area (Å²) < 4.78 is 10.1. The Kier molecular flexibility index (Phi) is 6.72. The quantitative estimate of drug-likeness (QED) is 0.425. The standard InChI is InChI=1S/C11H9NO4.C8H9N5OS/c1-15-8-4-2-3-7(5-8)10-9(11(13)14)12-6-16-10;1-5(14)6-4-15-8(11-6)3-13-10-2-7(9)12-13/h2-6H,1H3,(H,13,14);2,4H,3H2,1H3,(H2,9,12). The van der Waals surface area contributed by atoms with Gasteiger partial charge < -0.3 is 20.0 Å². The first-order valence-corrected chi connectivity index (χ1v) is 9.67. The molecule has 0 amide bonds. The molecule has 0 aliphatic heterocycles. The maximum atomic E-state index is 11.0. The van der Waals surface area contributed by atoms with Crippen molar-refractivity contribution in [2.75, 3.05) is 12.8 Å². The minimum Gasteiger partial charge on any atom is -0.497 e. The number of ether oxygens (including phenoxy) is 1. The van der Waals surface area contributed by atoms with Gasteiger partial charge in [0.15, 0.2) is 29.4 Å². The summed E-state index contributed by atoms with van der Waals surface area (Å²) in [6, 6.07) is 6.94. The predicted octanol–water partition coefficient (Wildman–Crippen LogP) is 2.62. The zero-order chi connectivity index (χ0) is 22.4. The molecule has 0 aliphatic rings. The van der Waals surface area contributed by atoms with Crippen LogP contribution in [0.15, 0.2) is 46.7 Å². The van der Waals surface area contributed by atoms with Crippen LogP contribution in [-0.2, 0) is 6.54 Å². The van der Waals surface area contributed by atoms with Crippen LogP contribution in [0.5, 0.6) is 5.75 Å². The molecular weight excluding hydrogens is 424 g/mol. The number of rotatable bonds is 6. The Morgan fingerprint density at radius 3 is 2.77 bits per heavy atom. The number of Topliss-reactive ketones (excluding diaryl/α,β-unsaturated/α-hetero) is 1. The van der Waals surface area contributed by atoms with E-state index in [0.29, 0.717) is 29.4 Å². The number of nitrogen functional groups attached to an aromatic ring is 1. The van der Waals surface area contributed by atoms with Crippen molar-refractivity contribution in [1.82, 2.24) is 25.0 Å². The van der Waals surface area contributed by atoms with Crippen molar-refractivity contribution in [2.24, 2.45) is 0 Å². The van der Waals surface area contributed by atoms with Gasteiger partial charge in [-0.1, -0.05) is 12.1 Å². The van der Waals surface area contributed by atoms with E-state index in [-0.39, 0.29) is 17.2 Å². The molecule has 12 heteroatoms. The first-order chi connectivity index (χ1) is 14.9. The number of nitrogens with zero attached hydrogens (tertiary/aromatic N) is 5. The number of aromatic nitrogens is 5. The summed E-state index contributed by atoms with van der Waals surface area (Å²) in [6.45, 7) is 1.93. The van der Waals surface area contributed by atoms with E-state index in [4.69, 9.17) is 20.0 Å². The van der Waals surface area contributed by atoms with Crippen LogP contribution in [0.2, 0.25) is 0 Å². The summed E-state index contributed by atoms with van der Waals surface area (Å²) in [4.78, 5) is 31.1. The van der Waals surface area contributed by atoms with Crippen LogP contribution in [0.1, 0.15) is 32.9 Å². The van der Waals surface area contributed by atoms with E-state index in [1.54, 1.807) is 29.6 Å². The van der Waals surface area contributed by atoms with Gasteiger partial charge in [-0.2, -0.15) is 9.90 Å². The highest BCUT2D eigenvalue weighted by molar-refractivity contribution is 7.09. The van der Waals surface area contributed by atoms with Crippen LogP contribution in [0.25, 0.3) is 11.3 Å². The van der Waals surface area contributed by atoms with E-state index in [2.05, 4.69) is 20.2 Å². The molecule has 11 nitrogen and oxygen atoms in total. The van der Waals surface area contributed by atoms with Crippen LogP contribution in [0.3, 0.4) is 0 Å². The fourth-order valence-corrected chi connectivity index (χ4v) is 3.23. The van der Waals surface area contributed by atoms with Gasteiger partial charge >= 0.3 is 5.97 Å². The van der Waals surface area contributed by atoms with Crippen molar-refractivity contribution < 1.29 is 23.8 Å². The van der Waals surface area contributed by atoms with Gasteiger partial charge in [0, 0.05) is 17.9 Å². The number of hydrogen-bond acceptors (Lipinski definition) is 10. The predicted molar refractivity (Wildman–Crippen MR) is 111 cm³/mol. The third kappa shape index (κ3) is 5.51. The third-order valence-electron chi connectivity index (χ3n) is 3.85. The molecule has 0 unspecified atom stereocenters. The molecule has 31 heavy (non-hydrogen) atoms. The Morgan fingerprint density at radius 2 is 2.16 bits per heavy atom. The average molecular weight is 442 g/mol. The molecule has 0 atom stereocenters. The summed E-state index contributed by atoms with van der Waals surface area (Å²) in [5.41, 5.74) is 6.42. The summed E-state index contributed by atoms with van der Waals surface area (Å²) >= 11 is 1.41. The fraction of sp³-hybridized carbons (Fsp3) is 0.158. The second-order valence-corrected chi connectivity index (χ2v) is 6.99. The maximum Gasteiger partial charge on any atom is 0.358 e. The van der Waals surface area contributed by atoms with Gasteiger partial charge in [0.25, 0.3) is 0 Å². The number of thiazole rings is 1. The van der Waals surface area contributed by atoms with Crippen molar-refractivity contribution in [3.63, 3.8) is 0 Å². The van der Waals surface area contributed by atoms with Gasteiger partial charge in [-0.3, -0.25) is 4.79 Å². The highest BCUT2D eigenvalue weighted by Gasteiger charge is 2.17. The molecule has 0 spiro atoms. The molecule has 0 fully saturated rings. The van der Waals surface area contributed by atoms with E-state index < -0.39 is 5.97 Å². The van der Waals surface area contributed by atoms with Crippen molar-refractivity contribution in [1.29, 1.82) is 0 Å². The molecule has 4 rings (SSSR count). The molecule has 0 saturated carbocycles. The fourth-order valence-electron chi connectivity index (χ4n) is 2.42. The maximum absolute atomic E-state index is 11.0. The Hall–Kier alpha value is -4.06. The average Bonchev–Trinajstić information content (AvgIpc) is 3.50. The molecule has 3 aromatic heterocycles. The minimum atomic E-state index is -1.12. The molecule has 3 heterocycles. The lowest BCUT2D eigenvalue weighted by molar-refractivity contribution is 0.0691. The number of ketones is 1. The normalized spacial score (nSPS) is 10.3. The molecule has 0 bridgehead atoms. The third-order valence-corrected chi connectivity index (χ3v) is 4.68. The Bertz CT molecular complexity index is 1200. The number of anilines is 1. The summed E-state index contributed by atoms with van der Waals surface area (Å²) in [5.74, 6) is 0.0759. The number of oxazole rings is 1. The Balaban J connectivity index is 0.000000176. The molecule has 0 saturated heterocycles. The lowest BCUT2D eigenvalue weighted by atomic mass is 10.1. The minimum absolute atomic E-state index is 0.0366. The number of hydrogen-bond donors (Lipinski definition) is 2. The lowest BCUT2D eigenvalue weighted by Crippen LogP contribution is -2.04. The smallest absolute Gasteiger partial charge is 0.358 e. The number of methoxy groups -OCH3 is 1. The SMILES string of the molecule is CC(=O)c1csc(Cn2ncc(N)n2)n1.COc1cccc(-c2ocnc2C(=O)O)c1. The molecule has 160 valence electrons. The van der Waals surface area contributed by atoms with Crippen LogP contribution in [-0.4, -0.2) is 48.9 Å². The van der Waals surface area contributed by atoms with Gasteiger partial charge in [0.1, 0.15) is 23.0 Å². The largest absolute Gasteiger partial charge is 0.497 e. The van der Waals surface area contributed by atoms with E-state index in [0.717, 1.165) is 11.4 Å². The number of carbonyl (C=O) groups is 2. The first kappa shape index (κ1) is 21.6. The van der Waals surface area contributed by atoms with Crippen LogP contribution < -0.4 is 10.5 Å². The van der Waals surface area contributed by atoms with Gasteiger partial charge in [0.05, 0.1) is 13.3 Å². The monoisotopic (exact) mass is 442 g/mol. The van der Waals surface area contributed by atoms with E-state index in [1.165, 1.54) is 36.4 Å². The number of benzene rings is 1. The van der Waals surface area contributed by atoms with Gasteiger partial charge in [0.2, 0.25) is 0 Å². The van der Waals surface area contributed by atoms with Crippen LogP contribution in [0, 0.1) is 0 Å². The van der Waals surface area contributed by atoms with Gasteiger partial charge in [-0.05, 0) is 12.1 Å². The molecular formula is C19H18N6O5S. The second kappa shape index (κ2) is 9.63. The molecule has 3 N–H and O–H groups in total. The highest BCUT2D eigenvalue weighted by atomic mass is 32.1. The Labute approximate surface area is 180 Å².